The number of aryl methyl sites for hydroxylation is 1. The van der Waals surface area contributed by atoms with Gasteiger partial charge in [-0.05, 0) is 30.3 Å². The maximum atomic E-state index is 13.0. The molecule has 3 aromatic heterocycles. The van der Waals surface area contributed by atoms with Crippen LogP contribution in [0.1, 0.15) is 10.4 Å². The van der Waals surface area contributed by atoms with E-state index in [2.05, 4.69) is 64.1 Å². The summed E-state index contributed by atoms with van der Waals surface area (Å²) in [5.74, 6) is 0.945. The van der Waals surface area contributed by atoms with Gasteiger partial charge in [0.15, 0.2) is 5.82 Å². The minimum absolute atomic E-state index is 0.150. The van der Waals surface area contributed by atoms with Gasteiger partial charge in [0.25, 0.3) is 5.91 Å². The van der Waals surface area contributed by atoms with E-state index < -0.39 is 0 Å². The van der Waals surface area contributed by atoms with E-state index in [1.807, 2.05) is 43.6 Å². The van der Waals surface area contributed by atoms with Gasteiger partial charge in [0.1, 0.15) is 35.1 Å². The zero-order valence-electron chi connectivity index (χ0n) is 20.4. The molecule has 1 saturated heterocycles. The highest BCUT2D eigenvalue weighted by molar-refractivity contribution is 6.59. The minimum atomic E-state index is -0.249. The summed E-state index contributed by atoms with van der Waals surface area (Å²) in [4.78, 5) is 22.2. The van der Waals surface area contributed by atoms with Gasteiger partial charge in [-0.2, -0.15) is 0 Å². The highest BCUT2D eigenvalue weighted by Crippen LogP contribution is 2.23. The Bertz CT molecular complexity index is 1380. The second-order valence-corrected chi connectivity index (χ2v) is 9.78. The van der Waals surface area contributed by atoms with Crippen molar-refractivity contribution in [2.24, 2.45) is 7.05 Å². The highest BCUT2D eigenvalue weighted by atomic mass is 16.1. The Morgan fingerprint density at radius 1 is 1.00 bits per heavy atom. The van der Waals surface area contributed by atoms with E-state index in [-0.39, 0.29) is 11.1 Å². The molecule has 35 heavy (non-hydrogen) atoms. The standard InChI is InChI=1S/C22H26B3N9O/c1-32-13-18(29-31-32)14-2-3-17-16(10-14)11-19(30-28-17)27-21(35)15-4-5-26-20(12-15)33-6-8-34(9-7-33)22(23,24)25/h2-5,10-13H,6-9,23-25H2,1H3,(H,27,30,35). The van der Waals surface area contributed by atoms with Gasteiger partial charge in [0.05, 0.1) is 11.7 Å². The molecule has 0 unspecified atom stereocenters. The number of benzene rings is 1. The van der Waals surface area contributed by atoms with Crippen molar-refractivity contribution in [3.05, 3.63) is 54.4 Å². The van der Waals surface area contributed by atoms with Gasteiger partial charge in [-0.1, -0.05) is 16.5 Å². The van der Waals surface area contributed by atoms with E-state index in [0.29, 0.717) is 11.4 Å². The lowest BCUT2D eigenvalue weighted by atomic mass is 9.48. The van der Waals surface area contributed by atoms with E-state index in [1.54, 1.807) is 16.9 Å². The maximum absolute atomic E-state index is 13.0. The average Bonchev–Trinajstić information content (AvgIpc) is 3.29. The molecule has 1 fully saturated rings. The van der Waals surface area contributed by atoms with E-state index in [1.165, 1.54) is 0 Å². The Kier molecular flexibility index (Phi) is 6.02. The van der Waals surface area contributed by atoms with Crippen molar-refractivity contribution >= 4 is 52.0 Å². The van der Waals surface area contributed by atoms with Crippen LogP contribution in [0.15, 0.2) is 48.8 Å². The van der Waals surface area contributed by atoms with Crippen LogP contribution in [-0.2, 0) is 7.05 Å². The fraction of sp³-hybridized carbons (Fsp3) is 0.273. The molecule has 4 aromatic rings. The zero-order valence-corrected chi connectivity index (χ0v) is 20.4. The fourth-order valence-electron chi connectivity index (χ4n) is 4.27. The molecule has 5 rings (SSSR count). The zero-order chi connectivity index (χ0) is 24.6. The summed E-state index contributed by atoms with van der Waals surface area (Å²) in [5, 5.41) is 20.5. The SMILES string of the molecule is BC(B)(B)N1CCN(c2cc(C(=O)Nc3cc4cc(-c5cn(C)nn5)ccc4nn3)ccn2)CC1. The number of fused-ring (bicyclic) bond motifs is 1. The molecule has 1 N–H and O–H groups in total. The number of rotatable bonds is 5. The van der Waals surface area contributed by atoms with Crippen LogP contribution in [0.3, 0.4) is 0 Å². The van der Waals surface area contributed by atoms with Crippen LogP contribution in [0.2, 0.25) is 0 Å². The molecule has 174 valence electrons. The quantitative estimate of drug-likeness (QED) is 0.364. The molecule has 1 amide bonds. The molecule has 0 bridgehead atoms. The molecule has 0 radical (unpaired) electrons. The third-order valence-corrected chi connectivity index (χ3v) is 6.29. The number of amides is 1. The lowest BCUT2D eigenvalue weighted by Gasteiger charge is -2.43. The molecule has 1 aliphatic rings. The number of carbonyl (C=O) groups excluding carboxylic acids is 1. The van der Waals surface area contributed by atoms with Gasteiger partial charge < -0.3 is 15.1 Å². The Balaban J connectivity index is 1.31. The second kappa shape index (κ2) is 9.14. The molecule has 0 aliphatic carbocycles. The van der Waals surface area contributed by atoms with E-state index in [4.69, 9.17) is 0 Å². The van der Waals surface area contributed by atoms with Crippen LogP contribution in [0.5, 0.6) is 0 Å². The van der Waals surface area contributed by atoms with Gasteiger partial charge in [-0.3, -0.25) is 9.48 Å². The predicted octanol–water partition coefficient (Wildman–Crippen LogP) is -1.29. The molecular weight excluding hydrogens is 439 g/mol. The Morgan fingerprint density at radius 2 is 1.80 bits per heavy atom. The Morgan fingerprint density at radius 3 is 2.51 bits per heavy atom. The monoisotopic (exact) mass is 465 g/mol. The van der Waals surface area contributed by atoms with E-state index >= 15 is 0 Å². The first-order valence-corrected chi connectivity index (χ1v) is 11.7. The van der Waals surface area contributed by atoms with E-state index in [0.717, 1.165) is 54.2 Å². The largest absolute Gasteiger partial charge is 0.354 e. The topological polar surface area (TPSA) is 105 Å². The second-order valence-electron chi connectivity index (χ2n) is 9.78. The van der Waals surface area contributed by atoms with Gasteiger partial charge in [0.2, 0.25) is 0 Å². The van der Waals surface area contributed by atoms with Crippen molar-refractivity contribution in [1.29, 1.82) is 0 Å². The molecule has 0 saturated carbocycles. The summed E-state index contributed by atoms with van der Waals surface area (Å²) in [5.41, 5.74) is 2.95. The van der Waals surface area contributed by atoms with Crippen LogP contribution < -0.4 is 10.2 Å². The Labute approximate surface area is 206 Å². The molecule has 0 atom stereocenters. The first-order chi connectivity index (χ1) is 16.8. The maximum Gasteiger partial charge on any atom is 0.257 e. The number of anilines is 2. The summed E-state index contributed by atoms with van der Waals surface area (Å²) in [6.45, 7) is 3.68. The summed E-state index contributed by atoms with van der Waals surface area (Å²) < 4.78 is 1.66. The molecule has 0 spiro atoms. The predicted molar refractivity (Wildman–Crippen MR) is 144 cm³/mol. The molecule has 1 aromatic carbocycles. The smallest absolute Gasteiger partial charge is 0.257 e. The number of piperazine rings is 1. The minimum Gasteiger partial charge on any atom is -0.354 e. The van der Waals surface area contributed by atoms with Crippen molar-refractivity contribution < 1.29 is 4.79 Å². The molecular formula is C22H26B3N9O. The number of hydrogen-bond donors (Lipinski definition) is 1. The molecule has 13 heteroatoms. The number of pyridine rings is 1. The van der Waals surface area contributed by atoms with Crippen molar-refractivity contribution in [2.75, 3.05) is 36.4 Å². The van der Waals surface area contributed by atoms with Gasteiger partial charge >= 0.3 is 0 Å². The van der Waals surface area contributed by atoms with Crippen LogP contribution in [-0.4, -0.2) is 95.9 Å². The van der Waals surface area contributed by atoms with E-state index in [9.17, 15) is 4.79 Å². The third-order valence-electron chi connectivity index (χ3n) is 6.29. The highest BCUT2D eigenvalue weighted by Gasteiger charge is 2.26. The molecule has 1 aliphatic heterocycles. The summed E-state index contributed by atoms with van der Waals surface area (Å²) in [6.07, 6.45) is 3.53. The number of nitrogens with zero attached hydrogens (tertiary/aromatic N) is 8. The number of carbonyl (C=O) groups is 1. The van der Waals surface area contributed by atoms with Gasteiger partial charge in [0, 0.05) is 55.9 Å². The average molecular weight is 465 g/mol. The van der Waals surface area contributed by atoms with Crippen molar-refractivity contribution in [3.63, 3.8) is 0 Å². The lowest BCUT2D eigenvalue weighted by molar-refractivity contribution is 0.102. The van der Waals surface area contributed by atoms with Crippen molar-refractivity contribution in [1.82, 2.24) is 35.1 Å². The third kappa shape index (κ3) is 5.04. The van der Waals surface area contributed by atoms with Crippen molar-refractivity contribution in [3.8, 4) is 11.3 Å². The van der Waals surface area contributed by atoms with Crippen LogP contribution in [0, 0.1) is 0 Å². The van der Waals surface area contributed by atoms with Crippen molar-refractivity contribution in [2.45, 2.75) is 5.24 Å². The van der Waals surface area contributed by atoms with Gasteiger partial charge in [-0.25, -0.2) is 4.98 Å². The molecule has 4 heterocycles. The fourth-order valence-corrected chi connectivity index (χ4v) is 4.27. The Hall–Kier alpha value is -3.73. The summed E-state index contributed by atoms with van der Waals surface area (Å²) in [7, 11) is 8.53. The van der Waals surface area contributed by atoms with Crippen LogP contribution in [0.25, 0.3) is 22.2 Å². The number of aromatic nitrogens is 6. The number of hydrogen-bond acceptors (Lipinski definition) is 8. The van der Waals surface area contributed by atoms with Gasteiger partial charge in [-0.15, -0.1) is 15.3 Å². The first kappa shape index (κ1) is 23.0. The first-order valence-electron chi connectivity index (χ1n) is 11.7. The molecule has 10 nitrogen and oxygen atoms in total. The summed E-state index contributed by atoms with van der Waals surface area (Å²) >= 11 is 0. The summed E-state index contributed by atoms with van der Waals surface area (Å²) in [6, 6.07) is 11.1. The lowest BCUT2D eigenvalue weighted by Crippen LogP contribution is -2.58. The van der Waals surface area contributed by atoms with Crippen LogP contribution in [0.4, 0.5) is 11.6 Å². The van der Waals surface area contributed by atoms with Crippen LogP contribution >= 0.6 is 0 Å². The normalized spacial score (nSPS) is 14.8. The number of nitrogens with one attached hydrogen (secondary N) is 1.